The van der Waals surface area contributed by atoms with E-state index in [1.165, 1.54) is 58.7 Å². The zero-order chi connectivity index (χ0) is 118. The normalized spacial score (nSPS) is 10.6. The van der Waals surface area contributed by atoms with Crippen LogP contribution in [0.5, 0.6) is 69.0 Å². The first-order valence-electron chi connectivity index (χ1n) is 41.1. The first-order valence-corrected chi connectivity index (χ1v) is 83.6. The monoisotopic (exact) mass is 2710 g/mol. The maximum absolute atomic E-state index is 10.2. The van der Waals surface area contributed by atoms with Gasteiger partial charge in [0.15, 0.2) is 58.7 Å². The summed E-state index contributed by atoms with van der Waals surface area (Å²) in [5.41, 5.74) is 0. The number of halogens is 6. The molecule has 30 nitrogen and oxygen atoms in total. The van der Waals surface area contributed by atoms with Gasteiger partial charge in [-0.3, -0.25) is 0 Å². The third kappa shape index (κ3) is 107. The van der Waals surface area contributed by atoms with Crippen LogP contribution in [-0.4, -0.2) is 299 Å². The fourth-order valence-corrected chi connectivity index (χ4v) is 16.8. The van der Waals surface area contributed by atoms with E-state index in [1.807, 2.05) is 146 Å². The second-order valence-electron chi connectivity index (χ2n) is 30.3. The van der Waals surface area contributed by atoms with Gasteiger partial charge in [-0.25, -0.2) is 0 Å². The number of phenols is 12. The summed E-state index contributed by atoms with van der Waals surface area (Å²) >= 11 is -36.8. The van der Waals surface area contributed by atoms with E-state index in [-0.39, 0.29) is 0 Å². The molecule has 0 fully saturated rings. The molecule has 0 aliphatic rings. The Kier molecular flexibility index (Phi) is 85.5. The Morgan fingerprint density at radius 3 is 0.187 bits per heavy atom. The molecule has 840 valence electrons. The maximum atomic E-state index is 10.2. The van der Waals surface area contributed by atoms with E-state index in [1.54, 1.807) is 146 Å². The quantitative estimate of drug-likeness (QED) is 0.0444. The predicted octanol–water partition coefficient (Wildman–Crippen LogP) is 4.80. The van der Waals surface area contributed by atoms with Gasteiger partial charge >= 0.3 is 180 Å². The zero-order valence-electron chi connectivity index (χ0n) is 86.3. The molecule has 0 aliphatic heterocycles. The van der Waals surface area contributed by atoms with Crippen molar-refractivity contribution in [2.24, 2.45) is 0 Å². The zero-order valence-corrected chi connectivity index (χ0v) is 107. The molecule has 0 aliphatic carbocycles. The van der Waals surface area contributed by atoms with Crippen LogP contribution >= 0.6 is 0 Å². The van der Waals surface area contributed by atoms with Crippen LogP contribution in [-0.2, 0) is 153 Å². The van der Waals surface area contributed by atoms with Crippen molar-refractivity contribution in [3.05, 3.63) is 291 Å². The SMILES string of the molecule is C[S+](C)c1ccc(O)cc1.C[S+](C)c1ccc(O)cc1.C[S+](C)c1ccc(O)cc1.C[S+](C)c1ccc(O)cc1.C[S+](C)c1ccc(O)cc1.C[S+](C)c1ccc(O)cc1.C[S+](C)c1ccc(O)cc1.C[S+](C)c1ccc(O)cc1.C[S+](C)c1ccc(O)cc1.C[S+](C)c1ccc(O)cc1.C[S+](C)c1ccc(O)cc1.C[S+](C)c1ccc(O)cc1.O=[As]([O-])([O-])F.O=[As]([O-])([O-])F.O=[As]([O-])([O-])F.O=[As]([O-])([O-])F.O=[As]([O-])([O-])F.O=[As]([O-])([O-])F. The molecule has 0 bridgehead atoms. The molecule has 12 aromatic rings. The number of hydrogen-bond donors (Lipinski definition) is 12. The molecule has 12 N–H and O–H groups in total. The Morgan fingerprint density at radius 2 is 0.160 bits per heavy atom. The Morgan fingerprint density at radius 1 is 0.127 bits per heavy atom. The van der Waals surface area contributed by atoms with Gasteiger partial charge in [-0.1, -0.05) is 0 Å². The fraction of sp³-hybridized carbons (Fsp3) is 0.250. The van der Waals surface area contributed by atoms with Crippen molar-refractivity contribution < 1.29 is 154 Å². The molecule has 0 heterocycles. The van der Waals surface area contributed by atoms with Crippen molar-refractivity contribution in [2.45, 2.75) is 58.7 Å². The summed E-state index contributed by atoms with van der Waals surface area (Å²) in [6.07, 6.45) is 51.8. The summed E-state index contributed by atoms with van der Waals surface area (Å²) in [6, 6.07) is 88.4. The third-order valence-corrected chi connectivity index (χ3v) is 30.3. The molecule has 0 saturated heterocycles. The van der Waals surface area contributed by atoms with E-state index in [4.69, 9.17) is 133 Å². The molecule has 0 spiro atoms. The molecular weight excluding hydrogens is 2580 g/mol. The van der Waals surface area contributed by atoms with Crippen molar-refractivity contribution in [2.75, 3.05) is 150 Å². The average molecular weight is 2710 g/mol. The van der Waals surface area contributed by atoms with Gasteiger partial charge in [0.25, 0.3) is 0 Å². The molecule has 0 atom stereocenters. The van der Waals surface area contributed by atoms with E-state index < -0.39 is 87.9 Å². The van der Waals surface area contributed by atoms with E-state index in [9.17, 15) is 20.8 Å². The second kappa shape index (κ2) is 83.1. The molecule has 0 amide bonds. The number of hydrogen-bond acceptors (Lipinski definition) is 30. The van der Waals surface area contributed by atoms with Crippen molar-refractivity contribution in [3.63, 3.8) is 0 Å². The Bertz CT molecular complexity index is 4520. The van der Waals surface area contributed by atoms with Crippen LogP contribution in [0.2, 0.25) is 0 Å². The summed E-state index contributed by atoms with van der Waals surface area (Å²) in [6.45, 7) is 0. The van der Waals surface area contributed by atoms with Crippen molar-refractivity contribution in [1.82, 2.24) is 0 Å². The average Bonchev–Trinajstić information content (AvgIpc) is 0.971. The van der Waals surface area contributed by atoms with Gasteiger partial charge in [0.05, 0.1) is 0 Å². The molecule has 0 unspecified atom stereocenters. The van der Waals surface area contributed by atoms with Crippen LogP contribution < -0.4 is 49.1 Å². The predicted molar refractivity (Wildman–Crippen MR) is 592 cm³/mol. The molecule has 0 saturated carbocycles. The van der Waals surface area contributed by atoms with Gasteiger partial charge in [0.2, 0.25) is 0 Å². The molecular formula is C96H132As6F6O30S12. The second-order valence-corrected chi connectivity index (χ2v) is 66.4. The third-order valence-electron chi connectivity index (χ3n) is 15.7. The van der Waals surface area contributed by atoms with Crippen molar-refractivity contribution in [1.29, 1.82) is 0 Å². The van der Waals surface area contributed by atoms with Crippen LogP contribution in [0.25, 0.3) is 0 Å². The van der Waals surface area contributed by atoms with Crippen LogP contribution in [0.3, 0.4) is 0 Å². The number of aromatic hydroxyl groups is 12. The minimum atomic E-state index is -6.12. The summed E-state index contributed by atoms with van der Waals surface area (Å²) < 4.78 is 214. The molecule has 12 aromatic carbocycles. The summed E-state index contributed by atoms with van der Waals surface area (Å²) in [4.78, 5) is 15.5. The number of benzene rings is 12. The summed E-state index contributed by atoms with van der Waals surface area (Å²) in [5, 5.41) is 107. The number of rotatable bonds is 12. The van der Waals surface area contributed by atoms with Crippen LogP contribution in [0.1, 0.15) is 0 Å². The number of phenolic OH excluding ortho intramolecular Hbond substituents is 12. The van der Waals surface area contributed by atoms with E-state index >= 15 is 0 Å². The first-order chi connectivity index (χ1) is 68.4. The first kappa shape index (κ1) is 154. The van der Waals surface area contributed by atoms with Gasteiger partial charge in [-0.05, 0) is 291 Å². The van der Waals surface area contributed by atoms with Crippen LogP contribution in [0, 0.1) is 0 Å². The van der Waals surface area contributed by atoms with E-state index in [0.717, 1.165) is 0 Å². The van der Waals surface area contributed by atoms with Gasteiger partial charge in [-0.15, -0.1) is 0 Å². The van der Waals surface area contributed by atoms with E-state index in [2.05, 4.69) is 150 Å². The van der Waals surface area contributed by atoms with Crippen molar-refractivity contribution >= 4 is 219 Å². The molecule has 0 radical (unpaired) electrons. The Labute approximate surface area is 931 Å². The molecule has 12 rings (SSSR count). The summed E-state index contributed by atoms with van der Waals surface area (Å²) in [5.74, 6) is 4.10. The van der Waals surface area contributed by atoms with Crippen LogP contribution in [0.4, 0.5) is 20.8 Å². The van der Waals surface area contributed by atoms with Gasteiger partial charge in [0.1, 0.15) is 219 Å². The van der Waals surface area contributed by atoms with Crippen molar-refractivity contribution in [3.8, 4) is 69.0 Å². The standard InChI is InChI=1S/12C8H10OS.6AsFH2O3/c12*1-10(2)8-5-3-7(9)4-6-8;6*2-1(3,4)5/h12*3-6H,1-2H3;6*(H2,3,4,5). The summed E-state index contributed by atoms with van der Waals surface area (Å²) in [7, 11) is 3.62. The van der Waals surface area contributed by atoms with Crippen LogP contribution in [0.15, 0.2) is 350 Å². The van der Waals surface area contributed by atoms with Gasteiger partial charge < -0.3 is 61.3 Å². The Balaban J connectivity index is -0.000000368. The van der Waals surface area contributed by atoms with Gasteiger partial charge in [-0.2, -0.15) is 0 Å². The fourth-order valence-electron chi connectivity index (χ4n) is 8.62. The minimum absolute atomic E-state index is 0.302. The topological polar surface area (TPSA) is 622 Å². The Hall–Kier alpha value is -6.31. The molecule has 150 heavy (non-hydrogen) atoms. The van der Waals surface area contributed by atoms with Gasteiger partial charge in [0, 0.05) is 131 Å². The van der Waals surface area contributed by atoms with E-state index in [0.29, 0.717) is 200 Å². The molecule has 0 aromatic heterocycles. The molecule has 54 heteroatoms.